The summed E-state index contributed by atoms with van der Waals surface area (Å²) in [6.07, 6.45) is 12.9. The Morgan fingerprint density at radius 2 is 1.52 bits per heavy atom. The van der Waals surface area contributed by atoms with Crippen molar-refractivity contribution in [2.75, 3.05) is 12.4 Å². The van der Waals surface area contributed by atoms with E-state index in [0.29, 0.717) is 6.04 Å². The highest BCUT2D eigenvalue weighted by atomic mass is 16.5. The first-order valence-electron chi connectivity index (χ1n) is 8.77. The van der Waals surface area contributed by atoms with Crippen LogP contribution >= 0.6 is 0 Å². The molecule has 0 spiro atoms. The third-order valence-corrected chi connectivity index (χ3v) is 5.52. The molecule has 2 nitrogen and oxygen atoms in total. The fourth-order valence-electron chi connectivity index (χ4n) is 4.37. The molecule has 1 aromatic carbocycles. The van der Waals surface area contributed by atoms with E-state index in [1.165, 1.54) is 63.5 Å². The molecule has 1 aromatic rings. The first kappa shape index (κ1) is 14.7. The molecule has 2 unspecified atom stereocenters. The van der Waals surface area contributed by atoms with E-state index in [2.05, 4.69) is 29.6 Å². The molecular weight excluding hydrogens is 258 g/mol. The molecule has 0 bridgehead atoms. The molecule has 0 heterocycles. The van der Waals surface area contributed by atoms with Crippen LogP contribution in [0.3, 0.4) is 0 Å². The maximum absolute atomic E-state index is 5.25. The zero-order valence-electron chi connectivity index (χ0n) is 13.3. The predicted octanol–water partition coefficient (Wildman–Crippen LogP) is 5.25. The summed E-state index contributed by atoms with van der Waals surface area (Å²) in [6, 6.07) is 9.11. The summed E-state index contributed by atoms with van der Waals surface area (Å²) < 4.78 is 5.25. The van der Waals surface area contributed by atoms with E-state index < -0.39 is 0 Å². The van der Waals surface area contributed by atoms with Crippen LogP contribution < -0.4 is 10.1 Å². The van der Waals surface area contributed by atoms with Gasteiger partial charge >= 0.3 is 0 Å². The number of anilines is 1. The van der Waals surface area contributed by atoms with Crippen LogP contribution in [0, 0.1) is 11.8 Å². The monoisotopic (exact) mass is 287 g/mol. The number of rotatable bonds is 4. The summed E-state index contributed by atoms with van der Waals surface area (Å²) in [4.78, 5) is 0. The minimum atomic E-state index is 0.676. The van der Waals surface area contributed by atoms with Crippen LogP contribution in [-0.2, 0) is 0 Å². The summed E-state index contributed by atoms with van der Waals surface area (Å²) in [5.41, 5.74) is 1.25. The zero-order chi connectivity index (χ0) is 14.5. The molecule has 0 amide bonds. The fourth-order valence-corrected chi connectivity index (χ4v) is 4.37. The Morgan fingerprint density at radius 1 is 0.857 bits per heavy atom. The van der Waals surface area contributed by atoms with Crippen molar-refractivity contribution in [1.29, 1.82) is 0 Å². The minimum absolute atomic E-state index is 0.676. The second-order valence-electron chi connectivity index (χ2n) is 6.83. The minimum Gasteiger partial charge on any atom is -0.497 e. The van der Waals surface area contributed by atoms with Crippen molar-refractivity contribution in [2.24, 2.45) is 11.8 Å². The van der Waals surface area contributed by atoms with Gasteiger partial charge in [0.15, 0.2) is 0 Å². The van der Waals surface area contributed by atoms with Crippen LogP contribution in [0.2, 0.25) is 0 Å². The zero-order valence-corrected chi connectivity index (χ0v) is 13.3. The molecule has 2 heteroatoms. The van der Waals surface area contributed by atoms with Crippen molar-refractivity contribution < 1.29 is 4.74 Å². The van der Waals surface area contributed by atoms with Gasteiger partial charge in [-0.2, -0.15) is 0 Å². The molecular formula is C19H29NO. The number of nitrogens with one attached hydrogen (secondary N) is 1. The van der Waals surface area contributed by atoms with E-state index in [4.69, 9.17) is 4.74 Å². The van der Waals surface area contributed by atoms with Crippen LogP contribution in [-0.4, -0.2) is 13.2 Å². The highest BCUT2D eigenvalue weighted by Crippen LogP contribution is 2.39. The van der Waals surface area contributed by atoms with E-state index in [9.17, 15) is 0 Å². The first-order chi connectivity index (χ1) is 10.4. The van der Waals surface area contributed by atoms with Crippen LogP contribution in [0.1, 0.15) is 57.8 Å². The molecule has 21 heavy (non-hydrogen) atoms. The molecule has 2 aliphatic carbocycles. The average Bonchev–Trinajstić information content (AvgIpc) is 2.57. The summed E-state index contributed by atoms with van der Waals surface area (Å²) in [6.45, 7) is 0. The van der Waals surface area contributed by atoms with Crippen molar-refractivity contribution in [3.8, 4) is 5.75 Å². The van der Waals surface area contributed by atoms with E-state index >= 15 is 0 Å². The largest absolute Gasteiger partial charge is 0.497 e. The molecule has 2 saturated carbocycles. The quantitative estimate of drug-likeness (QED) is 0.817. The molecule has 2 aliphatic rings. The Kier molecular flexibility index (Phi) is 5.05. The van der Waals surface area contributed by atoms with Crippen molar-refractivity contribution in [1.82, 2.24) is 0 Å². The molecule has 0 saturated heterocycles. The van der Waals surface area contributed by atoms with Crippen molar-refractivity contribution in [2.45, 2.75) is 63.8 Å². The van der Waals surface area contributed by atoms with Gasteiger partial charge in [-0.25, -0.2) is 0 Å². The molecule has 0 aromatic heterocycles. The highest BCUT2D eigenvalue weighted by molar-refractivity contribution is 5.47. The summed E-state index contributed by atoms with van der Waals surface area (Å²) in [5, 5.41) is 3.82. The topological polar surface area (TPSA) is 21.3 Å². The third-order valence-electron chi connectivity index (χ3n) is 5.52. The highest BCUT2D eigenvalue weighted by Gasteiger charge is 2.32. The van der Waals surface area contributed by atoms with Gasteiger partial charge in [0.25, 0.3) is 0 Å². The molecule has 2 fully saturated rings. The van der Waals surface area contributed by atoms with Gasteiger partial charge in [-0.15, -0.1) is 0 Å². The van der Waals surface area contributed by atoms with Crippen molar-refractivity contribution in [3.05, 3.63) is 24.3 Å². The molecule has 0 aliphatic heterocycles. The Morgan fingerprint density at radius 3 is 2.24 bits per heavy atom. The number of benzene rings is 1. The molecule has 0 radical (unpaired) electrons. The van der Waals surface area contributed by atoms with Gasteiger partial charge in [0.05, 0.1) is 7.11 Å². The fraction of sp³-hybridized carbons (Fsp3) is 0.684. The van der Waals surface area contributed by atoms with Gasteiger partial charge in [0.2, 0.25) is 0 Å². The maximum Gasteiger partial charge on any atom is 0.119 e. The summed E-state index contributed by atoms with van der Waals surface area (Å²) in [7, 11) is 1.72. The smallest absolute Gasteiger partial charge is 0.119 e. The molecule has 3 rings (SSSR count). The summed E-state index contributed by atoms with van der Waals surface area (Å²) >= 11 is 0. The van der Waals surface area contributed by atoms with Gasteiger partial charge in [-0.1, -0.05) is 44.9 Å². The Labute approximate surface area is 129 Å². The SMILES string of the molecule is COc1ccc(NC2CCCCC2C2CCCCC2)cc1. The van der Waals surface area contributed by atoms with Gasteiger partial charge in [-0.3, -0.25) is 0 Å². The normalized spacial score (nSPS) is 27.3. The standard InChI is InChI=1S/C19H29NO/c1-21-17-13-11-16(12-14-17)20-19-10-6-5-9-18(19)15-7-3-2-4-8-15/h11-15,18-20H,2-10H2,1H3. The van der Waals surface area contributed by atoms with Crippen LogP contribution in [0.15, 0.2) is 24.3 Å². The van der Waals surface area contributed by atoms with Crippen LogP contribution in [0.4, 0.5) is 5.69 Å². The first-order valence-corrected chi connectivity index (χ1v) is 8.77. The number of methoxy groups -OCH3 is 1. The lowest BCUT2D eigenvalue weighted by atomic mass is 9.71. The molecule has 116 valence electrons. The molecule has 1 N–H and O–H groups in total. The van der Waals surface area contributed by atoms with E-state index in [1.54, 1.807) is 7.11 Å². The second kappa shape index (κ2) is 7.20. The van der Waals surface area contributed by atoms with E-state index in [0.717, 1.165) is 17.6 Å². The van der Waals surface area contributed by atoms with Crippen LogP contribution in [0.25, 0.3) is 0 Å². The second-order valence-corrected chi connectivity index (χ2v) is 6.83. The Hall–Kier alpha value is -1.18. The Bertz CT molecular complexity index is 422. The lowest BCUT2D eigenvalue weighted by Crippen LogP contribution is -2.37. The average molecular weight is 287 g/mol. The number of hydrogen-bond donors (Lipinski definition) is 1. The lowest BCUT2D eigenvalue weighted by molar-refractivity contribution is 0.180. The molecule has 2 atom stereocenters. The summed E-state index contributed by atoms with van der Waals surface area (Å²) in [5.74, 6) is 2.80. The number of ether oxygens (including phenoxy) is 1. The van der Waals surface area contributed by atoms with E-state index in [-0.39, 0.29) is 0 Å². The van der Waals surface area contributed by atoms with Gasteiger partial charge < -0.3 is 10.1 Å². The Balaban J connectivity index is 1.65. The maximum atomic E-state index is 5.25. The van der Waals surface area contributed by atoms with E-state index in [1.807, 2.05) is 0 Å². The van der Waals surface area contributed by atoms with Gasteiger partial charge in [0.1, 0.15) is 5.75 Å². The van der Waals surface area contributed by atoms with Gasteiger partial charge in [0, 0.05) is 11.7 Å². The van der Waals surface area contributed by atoms with Gasteiger partial charge in [-0.05, 0) is 48.9 Å². The number of hydrogen-bond acceptors (Lipinski definition) is 2. The third kappa shape index (κ3) is 3.72. The van der Waals surface area contributed by atoms with Crippen LogP contribution in [0.5, 0.6) is 5.75 Å². The predicted molar refractivity (Wildman–Crippen MR) is 88.9 cm³/mol. The van der Waals surface area contributed by atoms with Crippen molar-refractivity contribution in [3.63, 3.8) is 0 Å². The lowest BCUT2D eigenvalue weighted by Gasteiger charge is -2.39. The van der Waals surface area contributed by atoms with Crippen molar-refractivity contribution >= 4 is 5.69 Å².